The number of halogens is 1. The third kappa shape index (κ3) is 2.65. The molecule has 1 aliphatic rings. The lowest BCUT2D eigenvalue weighted by Gasteiger charge is -2.23. The van der Waals surface area contributed by atoms with Gasteiger partial charge in [-0.1, -0.05) is 45.0 Å². The van der Waals surface area contributed by atoms with Crippen LogP contribution in [0.2, 0.25) is 0 Å². The molecule has 1 aromatic heterocycles. The zero-order valence-electron chi connectivity index (χ0n) is 15.7. The summed E-state index contributed by atoms with van der Waals surface area (Å²) >= 11 is 0. The third-order valence-corrected chi connectivity index (χ3v) is 5.16. The molecule has 138 valence electrons. The molecule has 2 aromatic carbocycles. The number of hydrogen-bond donors (Lipinski definition) is 0. The first-order valence-corrected chi connectivity index (χ1v) is 8.82. The maximum absolute atomic E-state index is 13.6. The summed E-state index contributed by atoms with van der Waals surface area (Å²) in [6.07, 6.45) is 0. The first kappa shape index (κ1) is 17.5. The highest BCUT2D eigenvalue weighted by atomic mass is 19.1. The minimum atomic E-state index is -0.551. The van der Waals surface area contributed by atoms with Gasteiger partial charge in [-0.3, -0.25) is 9.59 Å². The summed E-state index contributed by atoms with van der Waals surface area (Å²) < 4.78 is 19.3. The van der Waals surface area contributed by atoms with Crippen molar-refractivity contribution in [3.05, 3.63) is 81.0 Å². The molecule has 4 rings (SSSR count). The van der Waals surface area contributed by atoms with Crippen LogP contribution in [0.15, 0.2) is 51.7 Å². The summed E-state index contributed by atoms with van der Waals surface area (Å²) in [6, 6.07) is 11.1. The maximum Gasteiger partial charge on any atom is 0.290 e. The van der Waals surface area contributed by atoms with Crippen molar-refractivity contribution in [2.75, 3.05) is 7.05 Å². The van der Waals surface area contributed by atoms with Gasteiger partial charge in [0.1, 0.15) is 11.4 Å². The van der Waals surface area contributed by atoms with Gasteiger partial charge in [-0.05, 0) is 34.7 Å². The number of rotatable bonds is 1. The SMILES string of the molecule is CN1C(=O)c2oc3ccc(F)cc3c(=O)c2[C@H]1c1ccc(C(C)(C)C)cc1. The quantitative estimate of drug-likeness (QED) is 0.642. The Morgan fingerprint density at radius 2 is 1.70 bits per heavy atom. The molecule has 0 spiro atoms. The molecular formula is C22H20FNO3. The van der Waals surface area contributed by atoms with E-state index in [2.05, 4.69) is 20.8 Å². The van der Waals surface area contributed by atoms with Crippen molar-refractivity contribution in [1.29, 1.82) is 0 Å². The van der Waals surface area contributed by atoms with E-state index in [4.69, 9.17) is 4.42 Å². The van der Waals surface area contributed by atoms with Gasteiger partial charge >= 0.3 is 0 Å². The number of carbonyl (C=O) groups is 1. The molecule has 1 atom stereocenters. The number of carbonyl (C=O) groups excluding carboxylic acids is 1. The minimum Gasteiger partial charge on any atom is -0.450 e. The first-order chi connectivity index (χ1) is 12.7. The predicted molar refractivity (Wildman–Crippen MR) is 102 cm³/mol. The van der Waals surface area contributed by atoms with Gasteiger partial charge in [0.05, 0.1) is 17.0 Å². The fourth-order valence-corrected chi connectivity index (χ4v) is 3.62. The van der Waals surface area contributed by atoms with Gasteiger partial charge in [-0.2, -0.15) is 0 Å². The number of fused-ring (bicyclic) bond motifs is 2. The van der Waals surface area contributed by atoms with E-state index in [1.165, 1.54) is 17.0 Å². The molecule has 0 aliphatic carbocycles. The van der Waals surface area contributed by atoms with Gasteiger partial charge in [0.25, 0.3) is 5.91 Å². The second-order valence-electron chi connectivity index (χ2n) is 8.01. The highest BCUT2D eigenvalue weighted by molar-refractivity contribution is 5.98. The van der Waals surface area contributed by atoms with Crippen LogP contribution in [0.25, 0.3) is 11.0 Å². The van der Waals surface area contributed by atoms with Gasteiger partial charge in [0.2, 0.25) is 5.76 Å². The molecule has 4 nitrogen and oxygen atoms in total. The average molecular weight is 365 g/mol. The molecule has 0 saturated heterocycles. The number of hydrogen-bond acceptors (Lipinski definition) is 3. The fourth-order valence-electron chi connectivity index (χ4n) is 3.62. The summed E-state index contributed by atoms with van der Waals surface area (Å²) in [5, 5.41) is 0.146. The van der Waals surface area contributed by atoms with E-state index >= 15 is 0 Å². The molecule has 5 heteroatoms. The molecule has 0 radical (unpaired) electrons. The van der Waals surface area contributed by atoms with E-state index in [1.807, 2.05) is 24.3 Å². The van der Waals surface area contributed by atoms with Gasteiger partial charge in [-0.25, -0.2) is 4.39 Å². The maximum atomic E-state index is 13.6. The van der Waals surface area contributed by atoms with Crippen molar-refractivity contribution in [2.24, 2.45) is 0 Å². The van der Waals surface area contributed by atoms with Crippen LogP contribution in [-0.4, -0.2) is 17.9 Å². The normalized spacial score (nSPS) is 16.9. The lowest BCUT2D eigenvalue weighted by Crippen LogP contribution is -2.25. The van der Waals surface area contributed by atoms with Crippen LogP contribution in [0.5, 0.6) is 0 Å². The van der Waals surface area contributed by atoms with Crippen molar-refractivity contribution in [2.45, 2.75) is 32.2 Å². The van der Waals surface area contributed by atoms with Crippen molar-refractivity contribution in [1.82, 2.24) is 4.90 Å². The average Bonchev–Trinajstić information content (AvgIpc) is 2.87. The molecule has 1 aliphatic heterocycles. The Bertz CT molecular complexity index is 1120. The molecule has 27 heavy (non-hydrogen) atoms. The molecule has 2 heterocycles. The van der Waals surface area contributed by atoms with E-state index in [0.29, 0.717) is 0 Å². The zero-order chi connectivity index (χ0) is 19.5. The van der Waals surface area contributed by atoms with Crippen LogP contribution in [-0.2, 0) is 5.41 Å². The predicted octanol–water partition coefficient (Wildman–Crippen LogP) is 4.40. The molecule has 0 N–H and O–H groups in total. The monoisotopic (exact) mass is 365 g/mol. The van der Waals surface area contributed by atoms with Crippen LogP contribution in [0.3, 0.4) is 0 Å². The van der Waals surface area contributed by atoms with Crippen molar-refractivity contribution in [3.63, 3.8) is 0 Å². The minimum absolute atomic E-state index is 0.000587. The molecule has 0 unspecified atom stereocenters. The Balaban J connectivity index is 1.92. The summed E-state index contributed by atoms with van der Waals surface area (Å²) in [5.41, 5.74) is 2.09. The highest BCUT2D eigenvalue weighted by Crippen LogP contribution is 2.37. The third-order valence-electron chi connectivity index (χ3n) is 5.16. The topological polar surface area (TPSA) is 50.5 Å². The summed E-state index contributed by atoms with van der Waals surface area (Å²) in [7, 11) is 1.64. The lowest BCUT2D eigenvalue weighted by atomic mass is 9.86. The standard InChI is InChI=1S/C22H20FNO3/c1-22(2,3)13-7-5-12(6-8-13)18-17-19(25)15-11-14(23)9-10-16(15)27-20(17)21(26)24(18)4/h5-11,18H,1-4H3/t18-/m1/s1. The van der Waals surface area contributed by atoms with Gasteiger partial charge in [-0.15, -0.1) is 0 Å². The number of benzene rings is 2. The summed E-state index contributed by atoms with van der Waals surface area (Å²) in [6.45, 7) is 6.37. The van der Waals surface area contributed by atoms with Crippen LogP contribution in [0.1, 0.15) is 54.1 Å². The van der Waals surface area contributed by atoms with Crippen LogP contribution >= 0.6 is 0 Å². The second kappa shape index (κ2) is 5.78. The summed E-state index contributed by atoms with van der Waals surface area (Å²) in [5.74, 6) is -0.830. The van der Waals surface area contributed by atoms with Crippen molar-refractivity contribution in [3.8, 4) is 0 Å². The van der Waals surface area contributed by atoms with E-state index < -0.39 is 11.9 Å². The molecule has 1 amide bonds. The van der Waals surface area contributed by atoms with Gasteiger partial charge in [0, 0.05) is 7.05 Å². The van der Waals surface area contributed by atoms with E-state index in [0.717, 1.165) is 17.2 Å². The first-order valence-electron chi connectivity index (χ1n) is 8.82. The fraction of sp³-hybridized carbons (Fsp3) is 0.273. The second-order valence-corrected chi connectivity index (χ2v) is 8.01. The highest BCUT2D eigenvalue weighted by Gasteiger charge is 2.40. The Morgan fingerprint density at radius 3 is 2.33 bits per heavy atom. The molecule has 0 fully saturated rings. The van der Waals surface area contributed by atoms with E-state index in [1.54, 1.807) is 7.05 Å². The van der Waals surface area contributed by atoms with Crippen molar-refractivity contribution >= 4 is 16.9 Å². The Hall–Kier alpha value is -2.95. The number of amides is 1. The smallest absolute Gasteiger partial charge is 0.290 e. The van der Waals surface area contributed by atoms with E-state index in [-0.39, 0.29) is 39.0 Å². The van der Waals surface area contributed by atoms with Crippen LogP contribution in [0.4, 0.5) is 4.39 Å². The summed E-state index contributed by atoms with van der Waals surface area (Å²) in [4.78, 5) is 27.3. The van der Waals surface area contributed by atoms with Crippen LogP contribution in [0, 0.1) is 5.82 Å². The molecular weight excluding hydrogens is 345 g/mol. The molecule has 0 bridgehead atoms. The largest absolute Gasteiger partial charge is 0.450 e. The zero-order valence-corrected chi connectivity index (χ0v) is 15.7. The Kier molecular flexibility index (Phi) is 3.74. The molecule has 0 saturated carbocycles. The van der Waals surface area contributed by atoms with Gasteiger partial charge < -0.3 is 9.32 Å². The molecule has 3 aromatic rings. The lowest BCUT2D eigenvalue weighted by molar-refractivity contribution is 0.0771. The van der Waals surface area contributed by atoms with Gasteiger partial charge in [0.15, 0.2) is 5.43 Å². The van der Waals surface area contributed by atoms with Crippen LogP contribution < -0.4 is 5.43 Å². The Morgan fingerprint density at radius 1 is 1.04 bits per heavy atom. The van der Waals surface area contributed by atoms with Crippen molar-refractivity contribution < 1.29 is 13.6 Å². The van der Waals surface area contributed by atoms with E-state index in [9.17, 15) is 14.0 Å². The number of nitrogens with zero attached hydrogens (tertiary/aromatic N) is 1. The Labute approximate surface area is 156 Å².